The van der Waals surface area contributed by atoms with Crippen LogP contribution in [-0.2, 0) is 11.2 Å². The van der Waals surface area contributed by atoms with E-state index >= 15 is 0 Å². The summed E-state index contributed by atoms with van der Waals surface area (Å²) >= 11 is 6.14. The van der Waals surface area contributed by atoms with Crippen molar-refractivity contribution in [3.05, 3.63) is 58.6 Å². The number of hydrogen-bond acceptors (Lipinski definition) is 2. The van der Waals surface area contributed by atoms with Crippen LogP contribution in [0.3, 0.4) is 0 Å². The van der Waals surface area contributed by atoms with Gasteiger partial charge in [-0.3, -0.25) is 4.79 Å². The van der Waals surface area contributed by atoms with Crippen LogP contribution in [0.15, 0.2) is 42.5 Å². The molecule has 1 atom stereocenters. The minimum absolute atomic E-state index is 0.0849. The van der Waals surface area contributed by atoms with Crippen LogP contribution in [0.25, 0.3) is 0 Å². The first-order valence-corrected chi connectivity index (χ1v) is 7.86. The summed E-state index contributed by atoms with van der Waals surface area (Å²) < 4.78 is 0. The van der Waals surface area contributed by atoms with Gasteiger partial charge in [0.05, 0.1) is 0 Å². The van der Waals surface area contributed by atoms with Crippen LogP contribution in [0, 0.1) is 6.92 Å². The minimum atomic E-state index is -0.301. The number of para-hydroxylation sites is 1. The van der Waals surface area contributed by atoms with E-state index in [0.717, 1.165) is 29.9 Å². The van der Waals surface area contributed by atoms with Crippen molar-refractivity contribution in [3.63, 3.8) is 0 Å². The highest BCUT2D eigenvalue weighted by Crippen LogP contribution is 2.28. The summed E-state index contributed by atoms with van der Waals surface area (Å²) in [6.45, 7) is 4.59. The standard InChI is InChI=1S/C18H19ClN2O/c1-12-7-8-15(11-16(12)19)20-13(2)18(22)21-10-9-14-5-3-4-6-17(14)21/h3-8,11,13,20H,9-10H2,1-2H3/t13-/m0/s1. The minimum Gasteiger partial charge on any atom is -0.374 e. The van der Waals surface area contributed by atoms with E-state index < -0.39 is 0 Å². The number of aryl methyl sites for hydroxylation is 1. The zero-order valence-electron chi connectivity index (χ0n) is 12.8. The first kappa shape index (κ1) is 14.9. The van der Waals surface area contributed by atoms with E-state index in [1.165, 1.54) is 5.56 Å². The van der Waals surface area contributed by atoms with Crippen molar-refractivity contribution in [2.45, 2.75) is 26.3 Å². The molecule has 3 nitrogen and oxygen atoms in total. The van der Waals surface area contributed by atoms with E-state index in [1.807, 2.05) is 55.1 Å². The Hall–Kier alpha value is -2.00. The lowest BCUT2D eigenvalue weighted by molar-refractivity contribution is -0.118. The van der Waals surface area contributed by atoms with Crippen LogP contribution >= 0.6 is 11.6 Å². The molecule has 4 heteroatoms. The highest BCUT2D eigenvalue weighted by atomic mass is 35.5. The lowest BCUT2D eigenvalue weighted by Gasteiger charge is -2.23. The molecule has 0 fully saturated rings. The highest BCUT2D eigenvalue weighted by molar-refractivity contribution is 6.31. The van der Waals surface area contributed by atoms with Gasteiger partial charge in [0, 0.05) is 22.9 Å². The van der Waals surface area contributed by atoms with Crippen molar-refractivity contribution in [2.75, 3.05) is 16.8 Å². The van der Waals surface area contributed by atoms with E-state index in [2.05, 4.69) is 11.4 Å². The summed E-state index contributed by atoms with van der Waals surface area (Å²) in [6.07, 6.45) is 0.922. The van der Waals surface area contributed by atoms with Crippen molar-refractivity contribution in [1.82, 2.24) is 0 Å². The van der Waals surface area contributed by atoms with Gasteiger partial charge in [0.2, 0.25) is 5.91 Å². The van der Waals surface area contributed by atoms with Crippen molar-refractivity contribution in [3.8, 4) is 0 Å². The number of nitrogens with zero attached hydrogens (tertiary/aromatic N) is 1. The van der Waals surface area contributed by atoms with E-state index in [-0.39, 0.29) is 11.9 Å². The Labute approximate surface area is 135 Å². The molecule has 0 aliphatic carbocycles. The van der Waals surface area contributed by atoms with E-state index in [9.17, 15) is 4.79 Å². The maximum absolute atomic E-state index is 12.7. The number of benzene rings is 2. The van der Waals surface area contributed by atoms with Gasteiger partial charge in [-0.15, -0.1) is 0 Å². The molecule has 22 heavy (non-hydrogen) atoms. The fourth-order valence-electron chi connectivity index (χ4n) is 2.80. The normalized spacial score (nSPS) is 14.6. The molecule has 1 aliphatic heterocycles. The third-order valence-corrected chi connectivity index (χ3v) is 4.49. The molecule has 3 rings (SSSR count). The third kappa shape index (κ3) is 2.81. The van der Waals surface area contributed by atoms with Crippen LogP contribution in [0.2, 0.25) is 5.02 Å². The quantitative estimate of drug-likeness (QED) is 0.927. The van der Waals surface area contributed by atoms with Crippen molar-refractivity contribution in [1.29, 1.82) is 0 Å². The Kier molecular flexibility index (Phi) is 4.08. The molecule has 1 N–H and O–H groups in total. The summed E-state index contributed by atoms with van der Waals surface area (Å²) in [7, 11) is 0. The molecule has 114 valence electrons. The molecule has 0 saturated carbocycles. The zero-order chi connectivity index (χ0) is 15.7. The summed E-state index contributed by atoms with van der Waals surface area (Å²) in [5.74, 6) is 0.0849. The number of nitrogens with one attached hydrogen (secondary N) is 1. The van der Waals surface area contributed by atoms with Crippen molar-refractivity contribution < 1.29 is 4.79 Å². The highest BCUT2D eigenvalue weighted by Gasteiger charge is 2.27. The summed E-state index contributed by atoms with van der Waals surface area (Å²) in [5, 5.41) is 3.95. The molecule has 1 heterocycles. The maximum Gasteiger partial charge on any atom is 0.249 e. The molecule has 2 aromatic carbocycles. The Morgan fingerprint density at radius 2 is 2.05 bits per heavy atom. The molecule has 0 bridgehead atoms. The van der Waals surface area contributed by atoms with E-state index in [0.29, 0.717) is 5.02 Å². The molecule has 0 aromatic heterocycles. The van der Waals surface area contributed by atoms with Gasteiger partial charge < -0.3 is 10.2 Å². The fraction of sp³-hybridized carbons (Fsp3) is 0.278. The predicted octanol–water partition coefficient (Wildman–Crippen LogP) is 4.04. The molecule has 0 unspecified atom stereocenters. The molecule has 1 aliphatic rings. The fourth-order valence-corrected chi connectivity index (χ4v) is 2.98. The predicted molar refractivity (Wildman–Crippen MR) is 91.8 cm³/mol. The van der Waals surface area contributed by atoms with E-state index in [4.69, 9.17) is 11.6 Å². The number of hydrogen-bond donors (Lipinski definition) is 1. The number of amides is 1. The lowest BCUT2D eigenvalue weighted by atomic mass is 10.1. The maximum atomic E-state index is 12.7. The number of anilines is 2. The summed E-state index contributed by atoms with van der Waals surface area (Å²) in [6, 6.07) is 13.5. The van der Waals surface area contributed by atoms with Gasteiger partial charge in [-0.05, 0) is 49.6 Å². The number of carbonyl (C=O) groups excluding carboxylic acids is 1. The van der Waals surface area contributed by atoms with Gasteiger partial charge in [0.15, 0.2) is 0 Å². The second-order valence-corrected chi connectivity index (χ2v) is 6.11. The second kappa shape index (κ2) is 6.01. The average Bonchev–Trinajstić information content (AvgIpc) is 2.94. The van der Waals surface area contributed by atoms with Crippen LogP contribution in [0.4, 0.5) is 11.4 Å². The van der Waals surface area contributed by atoms with Gasteiger partial charge >= 0.3 is 0 Å². The zero-order valence-corrected chi connectivity index (χ0v) is 13.5. The van der Waals surface area contributed by atoms with Crippen LogP contribution < -0.4 is 10.2 Å². The second-order valence-electron chi connectivity index (χ2n) is 5.70. The number of carbonyl (C=O) groups is 1. The van der Waals surface area contributed by atoms with Crippen LogP contribution in [0.1, 0.15) is 18.1 Å². The average molecular weight is 315 g/mol. The Morgan fingerprint density at radius 1 is 1.27 bits per heavy atom. The summed E-state index contributed by atoms with van der Waals surface area (Å²) in [4.78, 5) is 14.6. The first-order chi connectivity index (χ1) is 10.6. The lowest BCUT2D eigenvalue weighted by Crippen LogP contribution is -2.40. The van der Waals surface area contributed by atoms with Crippen molar-refractivity contribution in [2.24, 2.45) is 0 Å². The SMILES string of the molecule is Cc1ccc(N[C@@H](C)C(=O)N2CCc3ccccc32)cc1Cl. The Bertz CT molecular complexity index is 714. The monoisotopic (exact) mass is 314 g/mol. The van der Waals surface area contributed by atoms with Gasteiger partial charge in [0.25, 0.3) is 0 Å². The van der Waals surface area contributed by atoms with Crippen LogP contribution in [0.5, 0.6) is 0 Å². The van der Waals surface area contributed by atoms with Gasteiger partial charge in [-0.1, -0.05) is 35.9 Å². The largest absolute Gasteiger partial charge is 0.374 e. The molecule has 2 aromatic rings. The number of rotatable bonds is 3. The molecule has 0 radical (unpaired) electrons. The molecule has 0 spiro atoms. The van der Waals surface area contributed by atoms with Gasteiger partial charge in [-0.2, -0.15) is 0 Å². The number of halogens is 1. The number of fused-ring (bicyclic) bond motifs is 1. The molecule has 0 saturated heterocycles. The first-order valence-electron chi connectivity index (χ1n) is 7.48. The van der Waals surface area contributed by atoms with Gasteiger partial charge in [-0.25, -0.2) is 0 Å². The van der Waals surface area contributed by atoms with Gasteiger partial charge in [0.1, 0.15) is 6.04 Å². The van der Waals surface area contributed by atoms with Crippen molar-refractivity contribution >= 4 is 28.9 Å². The third-order valence-electron chi connectivity index (χ3n) is 4.08. The smallest absolute Gasteiger partial charge is 0.249 e. The topological polar surface area (TPSA) is 32.3 Å². The summed E-state index contributed by atoms with van der Waals surface area (Å²) in [5.41, 5.74) is 4.16. The van der Waals surface area contributed by atoms with Crippen LogP contribution in [-0.4, -0.2) is 18.5 Å². The molecule has 1 amide bonds. The Balaban J connectivity index is 1.74. The van der Waals surface area contributed by atoms with E-state index in [1.54, 1.807) is 0 Å². The molecular formula is C18H19ClN2O. The molecular weight excluding hydrogens is 296 g/mol. The Morgan fingerprint density at radius 3 is 2.82 bits per heavy atom.